The highest BCUT2D eigenvalue weighted by Crippen LogP contribution is 2.26. The van der Waals surface area contributed by atoms with E-state index in [9.17, 15) is 9.59 Å². The van der Waals surface area contributed by atoms with Crippen molar-refractivity contribution in [1.29, 1.82) is 0 Å². The largest absolute Gasteiger partial charge is 0.481 e. The quantitative estimate of drug-likeness (QED) is 0.698. The Morgan fingerprint density at radius 2 is 1.93 bits per heavy atom. The summed E-state index contributed by atoms with van der Waals surface area (Å²) in [6.45, 7) is 3.60. The Kier molecular flexibility index (Phi) is 3.13. The molecule has 1 fully saturated rings. The van der Waals surface area contributed by atoms with E-state index < -0.39 is 11.4 Å². The zero-order valence-corrected chi connectivity index (χ0v) is 8.67. The molecule has 1 aliphatic rings. The molecule has 0 aromatic heterocycles. The van der Waals surface area contributed by atoms with E-state index in [0.29, 0.717) is 6.04 Å². The van der Waals surface area contributed by atoms with Gasteiger partial charge in [0.05, 0.1) is 6.42 Å². The average Bonchev–Trinajstić information content (AvgIpc) is 2.64. The number of carbonyl (C=O) groups excluding carboxylic acids is 1. The molecule has 0 unspecified atom stereocenters. The highest BCUT2D eigenvalue weighted by molar-refractivity contribution is 5.78. The minimum absolute atomic E-state index is 0.0289. The van der Waals surface area contributed by atoms with Crippen molar-refractivity contribution in [3.8, 4) is 0 Å². The van der Waals surface area contributed by atoms with Gasteiger partial charge in [-0.2, -0.15) is 0 Å². The molecule has 1 rings (SSSR count). The van der Waals surface area contributed by atoms with Gasteiger partial charge in [-0.25, -0.2) is 0 Å². The predicted molar refractivity (Wildman–Crippen MR) is 51.8 cm³/mol. The van der Waals surface area contributed by atoms with Gasteiger partial charge in [-0.1, -0.05) is 13.8 Å². The first-order valence-electron chi connectivity index (χ1n) is 4.90. The standard InChI is InChI=1S/C10H17NO3/c1-10(2,6-9(13)14)5-8(12)11-7-3-4-7/h7H,3-6H2,1-2H3,(H,11,12)(H,13,14). The van der Waals surface area contributed by atoms with E-state index in [0.717, 1.165) is 12.8 Å². The molecule has 4 heteroatoms. The van der Waals surface area contributed by atoms with Gasteiger partial charge in [0, 0.05) is 12.5 Å². The first-order chi connectivity index (χ1) is 6.39. The molecule has 1 amide bonds. The first kappa shape index (κ1) is 11.0. The molecule has 0 saturated heterocycles. The Morgan fingerprint density at radius 3 is 2.36 bits per heavy atom. The number of amides is 1. The third kappa shape index (κ3) is 4.25. The smallest absolute Gasteiger partial charge is 0.303 e. The van der Waals surface area contributed by atoms with Gasteiger partial charge in [0.1, 0.15) is 0 Å². The van der Waals surface area contributed by atoms with E-state index in [1.165, 1.54) is 0 Å². The van der Waals surface area contributed by atoms with Crippen molar-refractivity contribution >= 4 is 11.9 Å². The van der Waals surface area contributed by atoms with Crippen molar-refractivity contribution < 1.29 is 14.7 Å². The fourth-order valence-electron chi connectivity index (χ4n) is 1.41. The second kappa shape index (κ2) is 3.98. The topological polar surface area (TPSA) is 66.4 Å². The van der Waals surface area contributed by atoms with Crippen LogP contribution >= 0.6 is 0 Å². The van der Waals surface area contributed by atoms with Crippen LogP contribution in [0.15, 0.2) is 0 Å². The van der Waals surface area contributed by atoms with Crippen LogP contribution in [-0.2, 0) is 9.59 Å². The van der Waals surface area contributed by atoms with Gasteiger partial charge in [-0.15, -0.1) is 0 Å². The van der Waals surface area contributed by atoms with Crippen molar-refractivity contribution in [2.45, 2.75) is 45.6 Å². The zero-order valence-electron chi connectivity index (χ0n) is 8.67. The van der Waals surface area contributed by atoms with Gasteiger partial charge in [0.15, 0.2) is 0 Å². The van der Waals surface area contributed by atoms with Gasteiger partial charge < -0.3 is 10.4 Å². The summed E-state index contributed by atoms with van der Waals surface area (Å²) in [5, 5.41) is 11.5. The summed E-state index contributed by atoms with van der Waals surface area (Å²) in [4.78, 5) is 21.9. The molecule has 0 radical (unpaired) electrons. The van der Waals surface area contributed by atoms with Crippen LogP contribution in [0.5, 0.6) is 0 Å². The minimum atomic E-state index is -0.853. The molecule has 0 bridgehead atoms. The van der Waals surface area contributed by atoms with E-state index >= 15 is 0 Å². The molecule has 0 heterocycles. The molecule has 1 aliphatic carbocycles. The lowest BCUT2D eigenvalue weighted by atomic mass is 9.85. The summed E-state index contributed by atoms with van der Waals surface area (Å²) < 4.78 is 0. The van der Waals surface area contributed by atoms with Crippen LogP contribution in [0.1, 0.15) is 39.5 Å². The maximum atomic E-state index is 11.4. The summed E-state index contributed by atoms with van der Waals surface area (Å²) in [6.07, 6.45) is 2.44. The van der Waals surface area contributed by atoms with Crippen LogP contribution in [0.25, 0.3) is 0 Å². The molecule has 0 aliphatic heterocycles. The van der Waals surface area contributed by atoms with Crippen molar-refractivity contribution in [2.24, 2.45) is 5.41 Å². The van der Waals surface area contributed by atoms with Gasteiger partial charge in [-0.05, 0) is 18.3 Å². The zero-order chi connectivity index (χ0) is 10.8. The van der Waals surface area contributed by atoms with Crippen LogP contribution in [0.4, 0.5) is 0 Å². The predicted octanol–water partition coefficient (Wildman–Crippen LogP) is 1.16. The fraction of sp³-hybridized carbons (Fsp3) is 0.800. The maximum Gasteiger partial charge on any atom is 0.303 e. The van der Waals surface area contributed by atoms with E-state index in [1.807, 2.05) is 0 Å². The van der Waals surface area contributed by atoms with Crippen molar-refractivity contribution in [2.75, 3.05) is 0 Å². The fourth-order valence-corrected chi connectivity index (χ4v) is 1.41. The monoisotopic (exact) mass is 199 g/mol. The number of carbonyl (C=O) groups is 2. The van der Waals surface area contributed by atoms with Crippen LogP contribution in [0.2, 0.25) is 0 Å². The number of aliphatic carboxylic acids is 1. The second-order valence-corrected chi connectivity index (χ2v) is 4.75. The molecule has 0 atom stereocenters. The molecule has 14 heavy (non-hydrogen) atoms. The first-order valence-corrected chi connectivity index (χ1v) is 4.90. The lowest BCUT2D eigenvalue weighted by Gasteiger charge is -2.21. The Hall–Kier alpha value is -1.06. The van der Waals surface area contributed by atoms with Gasteiger partial charge in [0.2, 0.25) is 5.91 Å². The SMILES string of the molecule is CC(C)(CC(=O)O)CC(=O)NC1CC1. The average molecular weight is 199 g/mol. The Morgan fingerprint density at radius 1 is 1.36 bits per heavy atom. The van der Waals surface area contributed by atoms with Crippen molar-refractivity contribution in [1.82, 2.24) is 5.32 Å². The molecular formula is C10H17NO3. The molecular weight excluding hydrogens is 182 g/mol. The summed E-state index contributed by atoms with van der Waals surface area (Å²) in [7, 11) is 0. The van der Waals surface area contributed by atoms with E-state index in [1.54, 1.807) is 13.8 Å². The minimum Gasteiger partial charge on any atom is -0.481 e. The molecule has 2 N–H and O–H groups in total. The lowest BCUT2D eigenvalue weighted by molar-refractivity contribution is -0.139. The third-order valence-electron chi connectivity index (χ3n) is 2.21. The van der Waals surface area contributed by atoms with Crippen LogP contribution < -0.4 is 5.32 Å². The Labute approximate surface area is 83.7 Å². The van der Waals surface area contributed by atoms with Gasteiger partial charge >= 0.3 is 5.97 Å². The number of rotatable bonds is 5. The van der Waals surface area contributed by atoms with Crippen LogP contribution in [0, 0.1) is 5.41 Å². The highest BCUT2D eigenvalue weighted by Gasteiger charge is 2.28. The molecule has 4 nitrogen and oxygen atoms in total. The number of carboxylic acid groups (broad SMARTS) is 1. The van der Waals surface area contributed by atoms with E-state index in [2.05, 4.69) is 5.32 Å². The number of nitrogens with one attached hydrogen (secondary N) is 1. The van der Waals surface area contributed by atoms with Crippen LogP contribution in [-0.4, -0.2) is 23.0 Å². The summed E-state index contributed by atoms with van der Waals surface area (Å²) in [5.74, 6) is -0.882. The maximum absolute atomic E-state index is 11.4. The third-order valence-corrected chi connectivity index (χ3v) is 2.21. The van der Waals surface area contributed by atoms with Gasteiger partial charge in [0.25, 0.3) is 0 Å². The number of carboxylic acids is 1. The van der Waals surface area contributed by atoms with Crippen molar-refractivity contribution in [3.05, 3.63) is 0 Å². The van der Waals surface area contributed by atoms with Crippen LogP contribution in [0.3, 0.4) is 0 Å². The Bertz CT molecular complexity index is 244. The van der Waals surface area contributed by atoms with E-state index in [-0.39, 0.29) is 18.7 Å². The number of hydrogen-bond donors (Lipinski definition) is 2. The van der Waals surface area contributed by atoms with Crippen molar-refractivity contribution in [3.63, 3.8) is 0 Å². The van der Waals surface area contributed by atoms with Gasteiger partial charge in [-0.3, -0.25) is 9.59 Å². The second-order valence-electron chi connectivity index (χ2n) is 4.75. The highest BCUT2D eigenvalue weighted by atomic mass is 16.4. The molecule has 0 aromatic rings. The molecule has 80 valence electrons. The van der Waals surface area contributed by atoms with E-state index in [4.69, 9.17) is 5.11 Å². The molecule has 1 saturated carbocycles. The molecule has 0 aromatic carbocycles. The Balaban J connectivity index is 2.31. The summed E-state index contributed by atoms with van der Waals surface area (Å²) in [5.41, 5.74) is -0.454. The lowest BCUT2D eigenvalue weighted by Crippen LogP contribution is -2.31. The summed E-state index contributed by atoms with van der Waals surface area (Å²) >= 11 is 0. The molecule has 0 spiro atoms. The summed E-state index contributed by atoms with van der Waals surface area (Å²) in [6, 6.07) is 0.350. The normalized spacial score (nSPS) is 16.4. The number of hydrogen-bond acceptors (Lipinski definition) is 2.